The van der Waals surface area contributed by atoms with Crippen molar-refractivity contribution in [2.24, 2.45) is 0 Å². The van der Waals surface area contributed by atoms with Gasteiger partial charge in [0.15, 0.2) is 0 Å². The molecule has 122 valence electrons. The molecule has 23 heavy (non-hydrogen) atoms. The van der Waals surface area contributed by atoms with Crippen LogP contribution in [0.4, 0.5) is 11.6 Å². The summed E-state index contributed by atoms with van der Waals surface area (Å²) < 4.78 is 0. The van der Waals surface area contributed by atoms with Gasteiger partial charge in [0, 0.05) is 51.7 Å². The highest BCUT2D eigenvalue weighted by Gasteiger charge is 2.23. The molecule has 1 fully saturated rings. The van der Waals surface area contributed by atoms with Crippen LogP contribution in [0, 0.1) is 6.92 Å². The van der Waals surface area contributed by atoms with E-state index in [2.05, 4.69) is 14.9 Å². The maximum Gasteiger partial charge on any atom is 0.254 e. The van der Waals surface area contributed by atoms with E-state index in [9.17, 15) is 4.79 Å². The Morgan fingerprint density at radius 2 is 1.96 bits per heavy atom. The number of anilines is 2. The first kappa shape index (κ1) is 15.7. The molecule has 0 atom stereocenters. The summed E-state index contributed by atoms with van der Waals surface area (Å²) in [7, 11) is 3.95. The molecule has 3 rings (SSSR count). The van der Waals surface area contributed by atoms with Crippen LogP contribution in [0.2, 0.25) is 0 Å². The molecule has 0 spiro atoms. The molecule has 0 radical (unpaired) electrons. The highest BCUT2D eigenvalue weighted by molar-refractivity contribution is 7.08. The Balaban J connectivity index is 1.68. The maximum atomic E-state index is 12.4. The third-order valence-corrected chi connectivity index (χ3v) is 4.61. The van der Waals surface area contributed by atoms with Gasteiger partial charge in [-0.3, -0.25) is 4.79 Å². The SMILES string of the molecule is Cc1nc(N(C)C)cc(N2CCN(C(=O)c3ccsc3)CC2)n1. The quantitative estimate of drug-likeness (QED) is 0.859. The molecule has 1 saturated heterocycles. The third-order valence-electron chi connectivity index (χ3n) is 3.93. The zero-order valence-corrected chi connectivity index (χ0v) is 14.5. The summed E-state index contributed by atoms with van der Waals surface area (Å²) in [5, 5.41) is 3.85. The van der Waals surface area contributed by atoms with Crippen molar-refractivity contribution in [3.63, 3.8) is 0 Å². The summed E-state index contributed by atoms with van der Waals surface area (Å²) in [6.07, 6.45) is 0. The Morgan fingerprint density at radius 1 is 1.22 bits per heavy atom. The molecule has 1 aliphatic heterocycles. The molecule has 7 heteroatoms. The number of carbonyl (C=O) groups excluding carboxylic acids is 1. The van der Waals surface area contributed by atoms with E-state index in [-0.39, 0.29) is 5.91 Å². The minimum atomic E-state index is 0.124. The number of piperazine rings is 1. The Hall–Kier alpha value is -2.15. The lowest BCUT2D eigenvalue weighted by Crippen LogP contribution is -2.49. The van der Waals surface area contributed by atoms with E-state index in [0.717, 1.165) is 49.2 Å². The van der Waals surface area contributed by atoms with E-state index in [4.69, 9.17) is 0 Å². The van der Waals surface area contributed by atoms with Gasteiger partial charge in [-0.05, 0) is 18.4 Å². The molecule has 2 aromatic rings. The molecule has 0 unspecified atom stereocenters. The monoisotopic (exact) mass is 331 g/mol. The summed E-state index contributed by atoms with van der Waals surface area (Å²) in [5.41, 5.74) is 0.788. The highest BCUT2D eigenvalue weighted by atomic mass is 32.1. The topological polar surface area (TPSA) is 52.6 Å². The van der Waals surface area contributed by atoms with Gasteiger partial charge in [-0.25, -0.2) is 9.97 Å². The first-order valence-electron chi connectivity index (χ1n) is 7.64. The van der Waals surface area contributed by atoms with Gasteiger partial charge in [-0.15, -0.1) is 0 Å². The van der Waals surface area contributed by atoms with Gasteiger partial charge in [0.1, 0.15) is 17.5 Å². The van der Waals surface area contributed by atoms with Gasteiger partial charge in [-0.1, -0.05) is 0 Å². The molecular weight excluding hydrogens is 310 g/mol. The van der Waals surface area contributed by atoms with E-state index in [1.165, 1.54) is 0 Å². The van der Waals surface area contributed by atoms with Crippen molar-refractivity contribution >= 4 is 28.9 Å². The first-order valence-corrected chi connectivity index (χ1v) is 8.58. The number of rotatable bonds is 3. The molecule has 0 N–H and O–H groups in total. The van der Waals surface area contributed by atoms with E-state index >= 15 is 0 Å². The average molecular weight is 331 g/mol. The van der Waals surface area contributed by atoms with Crippen LogP contribution < -0.4 is 9.80 Å². The highest BCUT2D eigenvalue weighted by Crippen LogP contribution is 2.20. The van der Waals surface area contributed by atoms with Crippen molar-refractivity contribution in [3.05, 3.63) is 34.3 Å². The lowest BCUT2D eigenvalue weighted by molar-refractivity contribution is 0.0747. The number of hydrogen-bond acceptors (Lipinski definition) is 6. The molecule has 0 aliphatic carbocycles. The molecule has 0 bridgehead atoms. The minimum absolute atomic E-state index is 0.124. The van der Waals surface area contributed by atoms with Crippen molar-refractivity contribution in [1.82, 2.24) is 14.9 Å². The molecule has 0 aromatic carbocycles. The third kappa shape index (κ3) is 3.44. The van der Waals surface area contributed by atoms with Crippen molar-refractivity contribution in [2.45, 2.75) is 6.92 Å². The van der Waals surface area contributed by atoms with Crippen LogP contribution >= 0.6 is 11.3 Å². The Bertz CT molecular complexity index is 678. The molecule has 1 amide bonds. The fourth-order valence-electron chi connectivity index (χ4n) is 2.64. The second-order valence-electron chi connectivity index (χ2n) is 5.82. The average Bonchev–Trinajstić information content (AvgIpc) is 3.08. The van der Waals surface area contributed by atoms with Gasteiger partial charge in [0.2, 0.25) is 0 Å². The fourth-order valence-corrected chi connectivity index (χ4v) is 3.26. The van der Waals surface area contributed by atoms with Gasteiger partial charge in [-0.2, -0.15) is 11.3 Å². The number of aryl methyl sites for hydroxylation is 1. The second kappa shape index (κ2) is 6.54. The van der Waals surface area contributed by atoms with Gasteiger partial charge < -0.3 is 14.7 Å². The number of hydrogen-bond donors (Lipinski definition) is 0. The largest absolute Gasteiger partial charge is 0.363 e. The number of aromatic nitrogens is 2. The second-order valence-corrected chi connectivity index (χ2v) is 6.60. The van der Waals surface area contributed by atoms with Crippen molar-refractivity contribution in [1.29, 1.82) is 0 Å². The van der Waals surface area contributed by atoms with E-state index in [0.29, 0.717) is 0 Å². The normalized spacial score (nSPS) is 14.9. The zero-order valence-electron chi connectivity index (χ0n) is 13.7. The van der Waals surface area contributed by atoms with Crippen LogP contribution in [-0.2, 0) is 0 Å². The summed E-state index contributed by atoms with van der Waals surface area (Å²) in [6, 6.07) is 3.89. The van der Waals surface area contributed by atoms with Gasteiger partial charge >= 0.3 is 0 Å². The number of thiophene rings is 1. The van der Waals surface area contributed by atoms with Crippen LogP contribution in [0.25, 0.3) is 0 Å². The Labute approximate surface area is 140 Å². The lowest BCUT2D eigenvalue weighted by Gasteiger charge is -2.35. The standard InChI is InChI=1S/C16H21N5OS/c1-12-17-14(19(2)3)10-15(18-12)20-5-7-21(8-6-20)16(22)13-4-9-23-11-13/h4,9-11H,5-8H2,1-3H3. The van der Waals surface area contributed by atoms with E-state index < -0.39 is 0 Å². The summed E-state index contributed by atoms with van der Waals surface area (Å²) >= 11 is 1.56. The molecule has 0 saturated carbocycles. The zero-order chi connectivity index (χ0) is 16.4. The predicted molar refractivity (Wildman–Crippen MR) is 93.5 cm³/mol. The maximum absolute atomic E-state index is 12.4. The fraction of sp³-hybridized carbons (Fsp3) is 0.438. The van der Waals surface area contributed by atoms with Gasteiger partial charge in [0.05, 0.1) is 5.56 Å². The predicted octanol–water partition coefficient (Wildman–Crippen LogP) is 1.87. The summed E-state index contributed by atoms with van der Waals surface area (Å²) in [4.78, 5) is 27.5. The summed E-state index contributed by atoms with van der Waals surface area (Å²) in [6.45, 7) is 4.93. The van der Waals surface area contributed by atoms with Crippen molar-refractivity contribution in [3.8, 4) is 0 Å². The Kier molecular flexibility index (Phi) is 4.47. The van der Waals surface area contributed by atoms with Crippen LogP contribution in [-0.4, -0.2) is 61.0 Å². The van der Waals surface area contributed by atoms with E-state index in [1.807, 2.05) is 53.7 Å². The summed E-state index contributed by atoms with van der Waals surface area (Å²) in [5.74, 6) is 2.73. The van der Waals surface area contributed by atoms with E-state index in [1.54, 1.807) is 11.3 Å². The number of carbonyl (C=O) groups is 1. The van der Waals surface area contributed by atoms with Crippen LogP contribution in [0.1, 0.15) is 16.2 Å². The Morgan fingerprint density at radius 3 is 2.57 bits per heavy atom. The van der Waals surface area contributed by atoms with Crippen LogP contribution in [0.15, 0.2) is 22.9 Å². The molecular formula is C16H21N5OS. The van der Waals surface area contributed by atoms with Crippen molar-refractivity contribution < 1.29 is 4.79 Å². The minimum Gasteiger partial charge on any atom is -0.363 e. The molecule has 2 aromatic heterocycles. The molecule has 1 aliphatic rings. The van der Waals surface area contributed by atoms with Gasteiger partial charge in [0.25, 0.3) is 5.91 Å². The van der Waals surface area contributed by atoms with Crippen LogP contribution in [0.3, 0.4) is 0 Å². The molecule has 6 nitrogen and oxygen atoms in total. The first-order chi connectivity index (χ1) is 11.0. The smallest absolute Gasteiger partial charge is 0.254 e. The lowest BCUT2D eigenvalue weighted by atomic mass is 10.2. The van der Waals surface area contributed by atoms with Crippen molar-refractivity contribution in [2.75, 3.05) is 50.1 Å². The molecule has 3 heterocycles. The number of amides is 1. The number of nitrogens with zero attached hydrogens (tertiary/aromatic N) is 5. The van der Waals surface area contributed by atoms with Crippen LogP contribution in [0.5, 0.6) is 0 Å².